The zero-order valence-corrected chi connectivity index (χ0v) is 12.0. The van der Waals surface area contributed by atoms with Crippen molar-refractivity contribution in [2.75, 3.05) is 0 Å². The molecule has 0 fully saturated rings. The third-order valence-electron chi connectivity index (χ3n) is 2.50. The smallest absolute Gasteiger partial charge is 0.290 e. The monoisotopic (exact) mass is 311 g/mol. The van der Waals surface area contributed by atoms with E-state index in [2.05, 4.69) is 9.44 Å². The zero-order valence-electron chi connectivity index (χ0n) is 10.4. The van der Waals surface area contributed by atoms with E-state index in [0.29, 0.717) is 10.6 Å². The van der Waals surface area contributed by atoms with Crippen LogP contribution in [0.2, 0.25) is 5.02 Å². The first-order valence-corrected chi connectivity index (χ1v) is 7.35. The molecule has 0 saturated carbocycles. The third kappa shape index (κ3) is 3.34. The topological polar surface area (TPSA) is 72.8 Å². The Kier molecular flexibility index (Phi) is 4.06. The summed E-state index contributed by atoms with van der Waals surface area (Å²) in [5.74, 6) is -0.149. The fourth-order valence-corrected chi connectivity index (χ4v) is 2.29. The number of rotatable bonds is 3. The van der Waals surface area contributed by atoms with Crippen LogP contribution < -0.4 is 0 Å². The number of carbonyl (C=O) groups is 1. The molecule has 0 N–H and O–H groups in total. The maximum atomic E-state index is 11.8. The van der Waals surface area contributed by atoms with Gasteiger partial charge in [-0.25, -0.2) is 0 Å². The molecule has 0 radical (unpaired) electrons. The number of carbonyl (C=O) groups excluding carboxylic acids is 1. The molecule has 1 aromatic rings. The van der Waals surface area contributed by atoms with Gasteiger partial charge < -0.3 is 0 Å². The molecule has 20 heavy (non-hydrogen) atoms. The summed E-state index contributed by atoms with van der Waals surface area (Å²) in [4.78, 5) is 11.2. The lowest BCUT2D eigenvalue weighted by Gasteiger charge is -2.04. The fourth-order valence-electron chi connectivity index (χ4n) is 1.43. The molecule has 1 aliphatic carbocycles. The quantitative estimate of drug-likeness (QED) is 0.635. The number of oxime groups is 1. The Hall–Kier alpha value is -1.92. The lowest BCUT2D eigenvalue weighted by atomic mass is 10.1. The highest BCUT2D eigenvalue weighted by Gasteiger charge is 2.16. The molecule has 5 nitrogen and oxygen atoms in total. The number of nitrogens with zero attached hydrogens (tertiary/aromatic N) is 1. The third-order valence-corrected chi connectivity index (χ3v) is 3.87. The van der Waals surface area contributed by atoms with Gasteiger partial charge in [-0.1, -0.05) is 16.8 Å². The first kappa shape index (κ1) is 14.5. The molecule has 1 aliphatic rings. The van der Waals surface area contributed by atoms with Crippen molar-refractivity contribution >= 4 is 33.2 Å². The number of hydrogen-bond donors (Lipinski definition) is 0. The van der Waals surface area contributed by atoms with Crippen LogP contribution in [0.3, 0.4) is 0 Å². The van der Waals surface area contributed by atoms with Gasteiger partial charge >= 0.3 is 10.1 Å². The molecule has 1 aromatic carbocycles. The molecule has 0 spiro atoms. The van der Waals surface area contributed by atoms with E-state index in [9.17, 15) is 13.2 Å². The van der Waals surface area contributed by atoms with E-state index in [-0.39, 0.29) is 16.4 Å². The molecule has 0 saturated heterocycles. The standard InChI is InChI=1S/C13H10ClNO4S/c1-9-8-11(4-7-13(9)16)15-19-20(17,18)12-5-2-10(14)3-6-12/h2-8H,1H3/b15-11-. The normalized spacial score (nSPS) is 17.2. The van der Waals surface area contributed by atoms with Gasteiger partial charge in [-0.3, -0.25) is 9.08 Å². The van der Waals surface area contributed by atoms with E-state index in [0.717, 1.165) is 0 Å². The summed E-state index contributed by atoms with van der Waals surface area (Å²) in [6.45, 7) is 1.61. The predicted octanol–water partition coefficient (Wildman–Crippen LogP) is 2.49. The summed E-state index contributed by atoms with van der Waals surface area (Å²) < 4.78 is 28.3. The summed E-state index contributed by atoms with van der Waals surface area (Å²) in [7, 11) is -4.00. The van der Waals surface area contributed by atoms with Crippen LogP contribution in [0.15, 0.2) is 58.1 Å². The number of benzene rings is 1. The van der Waals surface area contributed by atoms with Crippen LogP contribution in [0.5, 0.6) is 0 Å². The number of allylic oxidation sites excluding steroid dienone is 4. The summed E-state index contributed by atoms with van der Waals surface area (Å²) >= 11 is 5.68. The van der Waals surface area contributed by atoms with Gasteiger partial charge in [0.05, 0.1) is 0 Å². The van der Waals surface area contributed by atoms with Crippen LogP contribution in [0.1, 0.15) is 6.92 Å². The van der Waals surface area contributed by atoms with Crippen LogP contribution in [-0.4, -0.2) is 19.9 Å². The van der Waals surface area contributed by atoms with Crippen LogP contribution in [0.4, 0.5) is 0 Å². The van der Waals surface area contributed by atoms with Gasteiger partial charge in [-0.2, -0.15) is 8.42 Å². The number of halogens is 1. The second-order valence-corrected chi connectivity index (χ2v) is 5.99. The molecule has 104 valence electrons. The molecule has 0 aliphatic heterocycles. The van der Waals surface area contributed by atoms with E-state index in [1.165, 1.54) is 42.5 Å². The van der Waals surface area contributed by atoms with E-state index >= 15 is 0 Å². The SMILES string of the molecule is CC1=C/C(=N\OS(=O)(=O)c2ccc(Cl)cc2)C=CC1=O. The molecule has 0 bridgehead atoms. The largest absolute Gasteiger partial charge is 0.358 e. The summed E-state index contributed by atoms with van der Waals surface area (Å²) in [6.07, 6.45) is 4.12. The Morgan fingerprint density at radius 2 is 1.80 bits per heavy atom. The molecular formula is C13H10ClNO4S. The van der Waals surface area contributed by atoms with E-state index < -0.39 is 10.1 Å². The van der Waals surface area contributed by atoms with E-state index in [1.807, 2.05) is 0 Å². The molecule has 0 atom stereocenters. The van der Waals surface area contributed by atoms with Crippen LogP contribution >= 0.6 is 11.6 Å². The predicted molar refractivity (Wildman–Crippen MR) is 75.1 cm³/mol. The summed E-state index contributed by atoms with van der Waals surface area (Å²) in [6, 6.07) is 5.51. The highest BCUT2D eigenvalue weighted by atomic mass is 35.5. The van der Waals surface area contributed by atoms with Crippen molar-refractivity contribution < 1.29 is 17.5 Å². The van der Waals surface area contributed by atoms with Crippen LogP contribution in [-0.2, 0) is 19.2 Å². The van der Waals surface area contributed by atoms with Crippen molar-refractivity contribution in [1.29, 1.82) is 0 Å². The van der Waals surface area contributed by atoms with Crippen LogP contribution in [0, 0.1) is 0 Å². The highest BCUT2D eigenvalue weighted by Crippen LogP contribution is 2.16. The second-order valence-electron chi connectivity index (χ2n) is 4.02. The van der Waals surface area contributed by atoms with Gasteiger partial charge in [0.1, 0.15) is 10.6 Å². The fraction of sp³-hybridized carbons (Fsp3) is 0.0769. The van der Waals surface area contributed by atoms with Crippen molar-refractivity contribution in [1.82, 2.24) is 0 Å². The molecule has 0 heterocycles. The molecule has 0 amide bonds. The Bertz CT molecular complexity index is 730. The minimum absolute atomic E-state index is 0.0529. The van der Waals surface area contributed by atoms with Gasteiger partial charge in [0.15, 0.2) is 5.78 Å². The van der Waals surface area contributed by atoms with Gasteiger partial charge in [0, 0.05) is 5.02 Å². The second kappa shape index (κ2) is 5.60. The van der Waals surface area contributed by atoms with Gasteiger partial charge in [0.25, 0.3) is 0 Å². The average Bonchev–Trinajstić information content (AvgIpc) is 2.41. The zero-order chi connectivity index (χ0) is 14.8. The molecular weight excluding hydrogens is 302 g/mol. The van der Waals surface area contributed by atoms with Crippen molar-refractivity contribution in [3.05, 3.63) is 53.1 Å². The minimum Gasteiger partial charge on any atom is -0.290 e. The molecule has 2 rings (SSSR count). The van der Waals surface area contributed by atoms with Crippen molar-refractivity contribution in [2.24, 2.45) is 5.16 Å². The first-order valence-electron chi connectivity index (χ1n) is 5.56. The minimum atomic E-state index is -4.00. The molecule has 0 unspecified atom stereocenters. The number of ketones is 1. The maximum absolute atomic E-state index is 11.8. The Labute approximate surface area is 121 Å². The van der Waals surface area contributed by atoms with Crippen molar-refractivity contribution in [3.63, 3.8) is 0 Å². The molecule has 0 aromatic heterocycles. The Balaban J connectivity index is 2.20. The summed E-state index contributed by atoms with van der Waals surface area (Å²) in [5, 5.41) is 3.94. The van der Waals surface area contributed by atoms with Crippen LogP contribution in [0.25, 0.3) is 0 Å². The van der Waals surface area contributed by atoms with Gasteiger partial charge in [-0.05, 0) is 55.0 Å². The van der Waals surface area contributed by atoms with Crippen molar-refractivity contribution in [3.8, 4) is 0 Å². The Morgan fingerprint density at radius 3 is 2.40 bits per heavy atom. The molecule has 7 heteroatoms. The first-order chi connectivity index (χ1) is 9.38. The van der Waals surface area contributed by atoms with E-state index in [1.54, 1.807) is 6.92 Å². The Morgan fingerprint density at radius 1 is 1.15 bits per heavy atom. The van der Waals surface area contributed by atoms with Gasteiger partial charge in [-0.15, -0.1) is 0 Å². The lowest BCUT2D eigenvalue weighted by Crippen LogP contribution is -2.08. The average molecular weight is 312 g/mol. The highest BCUT2D eigenvalue weighted by molar-refractivity contribution is 7.86. The van der Waals surface area contributed by atoms with Crippen molar-refractivity contribution in [2.45, 2.75) is 11.8 Å². The van der Waals surface area contributed by atoms with Gasteiger partial charge in [0.2, 0.25) is 0 Å². The summed E-state index contributed by atoms with van der Waals surface area (Å²) in [5.41, 5.74) is 0.707. The number of hydrogen-bond acceptors (Lipinski definition) is 5. The van der Waals surface area contributed by atoms with E-state index in [4.69, 9.17) is 11.6 Å². The lowest BCUT2D eigenvalue weighted by molar-refractivity contribution is -0.111. The maximum Gasteiger partial charge on any atom is 0.358 e.